The summed E-state index contributed by atoms with van der Waals surface area (Å²) >= 11 is 23.7. The van der Waals surface area contributed by atoms with Gasteiger partial charge < -0.3 is 10.2 Å². The largest absolute Gasteiger partial charge is 0.508 e. The molecule has 2 aromatic carbocycles. The molecule has 0 aliphatic carbocycles. The van der Waals surface area contributed by atoms with E-state index in [9.17, 15) is 10.2 Å². The van der Waals surface area contributed by atoms with Crippen molar-refractivity contribution in [3.8, 4) is 11.5 Å². The van der Waals surface area contributed by atoms with Gasteiger partial charge in [-0.05, 0) is 11.6 Å². The SMILES string of the molecule is Oc1ccccc1Cc1c(O)c(Cl)c(Cl)c(Cl)c1Cl. The molecule has 19 heavy (non-hydrogen) atoms. The van der Waals surface area contributed by atoms with Gasteiger partial charge in [-0.1, -0.05) is 64.6 Å². The van der Waals surface area contributed by atoms with Crippen molar-refractivity contribution in [1.29, 1.82) is 0 Å². The van der Waals surface area contributed by atoms with Crippen LogP contribution in [-0.4, -0.2) is 10.2 Å². The van der Waals surface area contributed by atoms with Gasteiger partial charge in [0.25, 0.3) is 0 Å². The molecule has 0 fully saturated rings. The Bertz CT molecular complexity index is 612. The van der Waals surface area contributed by atoms with E-state index in [0.717, 1.165) is 0 Å². The number of benzene rings is 2. The lowest BCUT2D eigenvalue weighted by molar-refractivity contribution is 0.463. The van der Waals surface area contributed by atoms with Gasteiger partial charge in [-0.15, -0.1) is 0 Å². The summed E-state index contributed by atoms with van der Waals surface area (Å²) in [6, 6.07) is 6.71. The summed E-state index contributed by atoms with van der Waals surface area (Å²) in [5.74, 6) is -0.135. The summed E-state index contributed by atoms with van der Waals surface area (Å²) in [6.07, 6.45) is 0.188. The standard InChI is InChI=1S/C13H8Cl4O2/c14-9-7(5-6-3-1-2-4-8(6)18)13(19)12(17)11(16)10(9)15/h1-4,18-19H,5H2. The second-order valence-electron chi connectivity index (χ2n) is 3.89. The zero-order valence-corrected chi connectivity index (χ0v) is 12.4. The maximum absolute atomic E-state index is 9.99. The van der Waals surface area contributed by atoms with Crippen molar-refractivity contribution < 1.29 is 10.2 Å². The first-order chi connectivity index (χ1) is 8.93. The van der Waals surface area contributed by atoms with Crippen LogP contribution < -0.4 is 0 Å². The minimum Gasteiger partial charge on any atom is -0.508 e. The van der Waals surface area contributed by atoms with Gasteiger partial charge in [0.1, 0.15) is 16.5 Å². The minimum absolute atomic E-state index is 0.00636. The lowest BCUT2D eigenvalue weighted by Gasteiger charge is -2.13. The van der Waals surface area contributed by atoms with Crippen LogP contribution in [0.4, 0.5) is 0 Å². The molecular weight excluding hydrogens is 330 g/mol. The summed E-state index contributed by atoms with van der Waals surface area (Å²) in [7, 11) is 0. The van der Waals surface area contributed by atoms with Crippen LogP contribution in [0.3, 0.4) is 0 Å². The molecular formula is C13H8Cl4O2. The number of phenols is 2. The van der Waals surface area contributed by atoms with Gasteiger partial charge in [0.2, 0.25) is 0 Å². The van der Waals surface area contributed by atoms with Gasteiger partial charge in [0.05, 0.1) is 15.1 Å². The normalized spacial score (nSPS) is 10.7. The third-order valence-corrected chi connectivity index (χ3v) is 4.53. The zero-order valence-electron chi connectivity index (χ0n) is 9.42. The van der Waals surface area contributed by atoms with Crippen LogP contribution in [0.2, 0.25) is 20.1 Å². The Morgan fingerprint density at radius 2 is 1.37 bits per heavy atom. The first kappa shape index (κ1) is 14.6. The van der Waals surface area contributed by atoms with Crippen LogP contribution in [0, 0.1) is 0 Å². The maximum Gasteiger partial charge on any atom is 0.140 e. The lowest BCUT2D eigenvalue weighted by atomic mass is 10.0. The van der Waals surface area contributed by atoms with Gasteiger partial charge in [-0.2, -0.15) is 0 Å². The molecule has 0 radical (unpaired) electrons. The van der Waals surface area contributed by atoms with Crippen molar-refractivity contribution in [3.63, 3.8) is 0 Å². The Labute approximate surface area is 130 Å². The van der Waals surface area contributed by atoms with Crippen molar-refractivity contribution in [3.05, 3.63) is 55.5 Å². The Kier molecular flexibility index (Phi) is 4.36. The third-order valence-electron chi connectivity index (χ3n) is 2.70. The number of hydrogen-bond acceptors (Lipinski definition) is 2. The van der Waals surface area contributed by atoms with Gasteiger partial charge in [0, 0.05) is 12.0 Å². The topological polar surface area (TPSA) is 40.5 Å². The fourth-order valence-electron chi connectivity index (χ4n) is 1.68. The number of phenolic OH excluding ortho intramolecular Hbond substituents is 2. The molecule has 0 saturated heterocycles. The predicted molar refractivity (Wildman–Crippen MR) is 79.1 cm³/mol. The van der Waals surface area contributed by atoms with Crippen molar-refractivity contribution in [2.24, 2.45) is 0 Å². The summed E-state index contributed by atoms with van der Waals surface area (Å²) in [5, 5.41) is 19.9. The third kappa shape index (κ3) is 2.72. The van der Waals surface area contributed by atoms with Crippen LogP contribution in [0.15, 0.2) is 24.3 Å². The molecule has 0 spiro atoms. The van der Waals surface area contributed by atoms with Crippen LogP contribution in [0.25, 0.3) is 0 Å². The highest BCUT2D eigenvalue weighted by Crippen LogP contribution is 2.46. The zero-order chi connectivity index (χ0) is 14.2. The number of halogens is 4. The van der Waals surface area contributed by atoms with Crippen molar-refractivity contribution in [1.82, 2.24) is 0 Å². The van der Waals surface area contributed by atoms with Crippen molar-refractivity contribution >= 4 is 46.4 Å². The molecule has 2 aromatic rings. The second-order valence-corrected chi connectivity index (χ2v) is 5.40. The van der Waals surface area contributed by atoms with E-state index < -0.39 is 0 Å². The minimum atomic E-state index is -0.232. The number of hydrogen-bond donors (Lipinski definition) is 2. The first-order valence-electron chi connectivity index (χ1n) is 5.24. The number of para-hydroxylation sites is 1. The van der Waals surface area contributed by atoms with Gasteiger partial charge in [-0.3, -0.25) is 0 Å². The van der Waals surface area contributed by atoms with Crippen molar-refractivity contribution in [2.45, 2.75) is 6.42 Å². The first-order valence-corrected chi connectivity index (χ1v) is 6.75. The van der Waals surface area contributed by atoms with Crippen LogP contribution in [0.5, 0.6) is 11.5 Å². The molecule has 0 bridgehead atoms. The number of rotatable bonds is 2. The number of aromatic hydroxyl groups is 2. The highest BCUT2D eigenvalue weighted by molar-refractivity contribution is 6.52. The van der Waals surface area contributed by atoms with E-state index in [1.54, 1.807) is 24.3 Å². The van der Waals surface area contributed by atoms with E-state index >= 15 is 0 Å². The molecule has 0 unspecified atom stereocenters. The maximum atomic E-state index is 9.99. The average molecular weight is 338 g/mol. The highest BCUT2D eigenvalue weighted by atomic mass is 35.5. The molecule has 6 heteroatoms. The Morgan fingerprint density at radius 1 is 0.789 bits per heavy atom. The second kappa shape index (κ2) is 5.68. The Hall–Kier alpha value is -0.800. The highest BCUT2D eigenvalue weighted by Gasteiger charge is 2.20. The van der Waals surface area contributed by atoms with E-state index in [4.69, 9.17) is 46.4 Å². The van der Waals surface area contributed by atoms with Crippen LogP contribution in [0.1, 0.15) is 11.1 Å². The lowest BCUT2D eigenvalue weighted by Crippen LogP contribution is -1.93. The molecule has 100 valence electrons. The van der Waals surface area contributed by atoms with E-state index in [-0.39, 0.29) is 38.0 Å². The fraction of sp³-hybridized carbons (Fsp3) is 0.0769. The van der Waals surface area contributed by atoms with Gasteiger partial charge in [-0.25, -0.2) is 0 Å². The predicted octanol–water partition coefficient (Wildman–Crippen LogP) is 5.30. The molecule has 0 heterocycles. The van der Waals surface area contributed by atoms with Gasteiger partial charge >= 0.3 is 0 Å². The molecule has 0 aliphatic rings. The van der Waals surface area contributed by atoms with Crippen LogP contribution in [-0.2, 0) is 6.42 Å². The molecule has 0 saturated carbocycles. The van der Waals surface area contributed by atoms with E-state index in [0.29, 0.717) is 11.1 Å². The van der Waals surface area contributed by atoms with Crippen LogP contribution >= 0.6 is 46.4 Å². The van der Waals surface area contributed by atoms with E-state index in [1.807, 2.05) is 0 Å². The van der Waals surface area contributed by atoms with Gasteiger partial charge in [0.15, 0.2) is 0 Å². The quantitative estimate of drug-likeness (QED) is 0.576. The fourth-order valence-corrected chi connectivity index (χ4v) is 2.63. The summed E-state index contributed by atoms with van der Waals surface area (Å²) < 4.78 is 0. The smallest absolute Gasteiger partial charge is 0.140 e. The van der Waals surface area contributed by atoms with E-state index in [2.05, 4.69) is 0 Å². The Morgan fingerprint density at radius 3 is 2.00 bits per heavy atom. The van der Waals surface area contributed by atoms with Crippen molar-refractivity contribution in [2.75, 3.05) is 0 Å². The Balaban J connectivity index is 2.56. The molecule has 0 amide bonds. The van der Waals surface area contributed by atoms with E-state index in [1.165, 1.54) is 0 Å². The summed E-state index contributed by atoms with van der Waals surface area (Å²) in [6.45, 7) is 0. The summed E-state index contributed by atoms with van der Waals surface area (Å²) in [4.78, 5) is 0. The molecule has 2 rings (SSSR count). The average Bonchev–Trinajstić information content (AvgIpc) is 2.41. The monoisotopic (exact) mass is 336 g/mol. The molecule has 0 atom stereocenters. The summed E-state index contributed by atoms with van der Waals surface area (Å²) in [5.41, 5.74) is 0.914. The molecule has 2 nitrogen and oxygen atoms in total. The molecule has 2 N–H and O–H groups in total. The molecule has 0 aromatic heterocycles. The molecule has 0 aliphatic heterocycles.